The molecule has 0 bridgehead atoms. The summed E-state index contributed by atoms with van der Waals surface area (Å²) >= 11 is 0. The fourth-order valence-electron chi connectivity index (χ4n) is 4.98. The maximum absolute atomic E-state index is 11.6. The van der Waals surface area contributed by atoms with Gasteiger partial charge in [0.05, 0.1) is 12.2 Å². The molecule has 31 heavy (non-hydrogen) atoms. The summed E-state index contributed by atoms with van der Waals surface area (Å²) in [5, 5.41) is 24.5. The van der Waals surface area contributed by atoms with Crippen LogP contribution in [0.5, 0.6) is 0 Å². The number of aliphatic hydroxyl groups excluding tert-OH is 2. The van der Waals surface area contributed by atoms with Gasteiger partial charge in [-0.25, -0.2) is 0 Å². The Kier molecular flexibility index (Phi) is 8.47. The maximum Gasteiger partial charge on any atom is 0.222 e. The number of fused-ring (bicyclic) bond motifs is 1. The molecule has 0 radical (unpaired) electrons. The molecule has 5 atom stereocenters. The third-order valence-electron chi connectivity index (χ3n) is 6.63. The monoisotopic (exact) mass is 426 g/mol. The van der Waals surface area contributed by atoms with Gasteiger partial charge in [-0.3, -0.25) is 4.79 Å². The number of hydrogen-bond donors (Lipinski definition) is 3. The number of benzene rings is 1. The molecule has 0 saturated heterocycles. The van der Waals surface area contributed by atoms with Crippen molar-refractivity contribution in [3.63, 3.8) is 0 Å². The van der Waals surface area contributed by atoms with Crippen molar-refractivity contribution < 1.29 is 15.0 Å². The van der Waals surface area contributed by atoms with E-state index in [4.69, 9.17) is 0 Å². The lowest BCUT2D eigenvalue weighted by molar-refractivity contribution is -0.128. The van der Waals surface area contributed by atoms with Gasteiger partial charge in [0, 0.05) is 39.4 Å². The number of nitrogens with one attached hydrogen (secondary N) is 1. The molecule has 5 heteroatoms. The van der Waals surface area contributed by atoms with Gasteiger partial charge in [-0.1, -0.05) is 53.6 Å². The minimum absolute atomic E-state index is 0.101. The fraction of sp³-hybridized carbons (Fsp3) is 0.577. The predicted octanol–water partition coefficient (Wildman–Crippen LogP) is 2.86. The van der Waals surface area contributed by atoms with E-state index in [1.165, 1.54) is 11.1 Å². The van der Waals surface area contributed by atoms with E-state index < -0.39 is 6.10 Å². The molecule has 1 fully saturated rings. The predicted molar refractivity (Wildman–Crippen MR) is 125 cm³/mol. The molecule has 0 heterocycles. The van der Waals surface area contributed by atoms with Crippen molar-refractivity contribution in [2.24, 2.45) is 17.8 Å². The molecular formula is C26H38N2O3. The van der Waals surface area contributed by atoms with Gasteiger partial charge in [0.1, 0.15) is 0 Å². The molecule has 0 spiro atoms. The Bertz CT molecular complexity index is 802. The minimum Gasteiger partial charge on any atom is -0.392 e. The number of aryl methyl sites for hydroxylation is 1. The second-order valence-corrected chi connectivity index (χ2v) is 9.45. The summed E-state index contributed by atoms with van der Waals surface area (Å²) in [6.45, 7) is 3.75. The lowest BCUT2D eigenvalue weighted by Crippen LogP contribution is -2.24. The first-order chi connectivity index (χ1) is 14.8. The molecule has 3 N–H and O–H groups in total. The van der Waals surface area contributed by atoms with Gasteiger partial charge in [-0.2, -0.15) is 0 Å². The van der Waals surface area contributed by atoms with Crippen molar-refractivity contribution in [3.05, 3.63) is 59.2 Å². The quantitative estimate of drug-likeness (QED) is 0.397. The standard InChI is InChI=1S/C26H38N2O3/c1-18-6-4-7-19(12-18)14-22(29)9-10-23-24-15-20(13-21(24)16-25(23)30)17-27-11-5-8-26(31)28(2)3/h4,6-7,9-10,12-13,21-25,27,29-30H,5,8,11,14-17H2,1-3H3/b10-9+/t21-,22+,23+,24-,25+/m0/s1. The second kappa shape index (κ2) is 11.1. The summed E-state index contributed by atoms with van der Waals surface area (Å²) in [5.74, 6) is 1.11. The Morgan fingerprint density at radius 3 is 2.90 bits per heavy atom. The van der Waals surface area contributed by atoms with Crippen LogP contribution >= 0.6 is 0 Å². The highest BCUT2D eigenvalue weighted by molar-refractivity contribution is 5.75. The Hall–Kier alpha value is -1.95. The van der Waals surface area contributed by atoms with Crippen molar-refractivity contribution in [2.45, 2.75) is 51.2 Å². The highest BCUT2D eigenvalue weighted by atomic mass is 16.3. The zero-order valence-electron chi connectivity index (χ0n) is 19.1. The highest BCUT2D eigenvalue weighted by Crippen LogP contribution is 2.47. The molecule has 0 aliphatic heterocycles. The molecule has 0 unspecified atom stereocenters. The van der Waals surface area contributed by atoms with Crippen molar-refractivity contribution >= 4 is 5.91 Å². The van der Waals surface area contributed by atoms with Gasteiger partial charge in [-0.05, 0) is 50.1 Å². The lowest BCUT2D eigenvalue weighted by Gasteiger charge is -2.19. The fourth-order valence-corrected chi connectivity index (χ4v) is 4.98. The number of nitrogens with zero attached hydrogens (tertiary/aromatic N) is 1. The first kappa shape index (κ1) is 23.7. The number of allylic oxidation sites excluding steroid dienone is 1. The van der Waals surface area contributed by atoms with Crippen LogP contribution in [0.25, 0.3) is 0 Å². The topological polar surface area (TPSA) is 72.8 Å². The zero-order chi connectivity index (χ0) is 22.4. The molecule has 0 aromatic heterocycles. The Balaban J connectivity index is 1.44. The van der Waals surface area contributed by atoms with E-state index in [9.17, 15) is 15.0 Å². The molecule has 3 rings (SSSR count). The molecule has 1 aromatic rings. The number of carbonyl (C=O) groups is 1. The number of aliphatic hydroxyl groups is 2. The zero-order valence-corrected chi connectivity index (χ0v) is 19.1. The van der Waals surface area contributed by atoms with Crippen LogP contribution in [0.2, 0.25) is 0 Å². The molecule has 2 aliphatic carbocycles. The first-order valence-corrected chi connectivity index (χ1v) is 11.5. The minimum atomic E-state index is -0.534. The molecule has 170 valence electrons. The molecule has 2 aliphatic rings. The number of carbonyl (C=O) groups excluding carboxylic acids is 1. The van der Waals surface area contributed by atoms with Crippen LogP contribution in [0, 0.1) is 24.7 Å². The maximum atomic E-state index is 11.6. The first-order valence-electron chi connectivity index (χ1n) is 11.5. The average Bonchev–Trinajstić information content (AvgIpc) is 3.22. The van der Waals surface area contributed by atoms with Crippen LogP contribution in [-0.4, -0.2) is 60.4 Å². The van der Waals surface area contributed by atoms with E-state index >= 15 is 0 Å². The summed E-state index contributed by atoms with van der Waals surface area (Å²) in [6.07, 6.45) is 9.20. The van der Waals surface area contributed by atoms with E-state index in [0.29, 0.717) is 24.7 Å². The number of rotatable bonds is 10. The SMILES string of the molecule is Cc1cccc(C[C@H](O)/C=C/[C@@H]2[C@H]3CC(CNCCCC(=O)N(C)C)=C[C@H]3C[C@H]2O)c1. The Morgan fingerprint density at radius 1 is 1.35 bits per heavy atom. The second-order valence-electron chi connectivity index (χ2n) is 9.45. The normalized spacial score (nSPS) is 26.2. The summed E-state index contributed by atoms with van der Waals surface area (Å²) in [6, 6.07) is 8.23. The van der Waals surface area contributed by atoms with Crippen molar-refractivity contribution in [1.29, 1.82) is 0 Å². The van der Waals surface area contributed by atoms with Crippen LogP contribution in [-0.2, 0) is 11.2 Å². The third-order valence-corrected chi connectivity index (χ3v) is 6.63. The van der Waals surface area contributed by atoms with Gasteiger partial charge in [-0.15, -0.1) is 0 Å². The summed E-state index contributed by atoms with van der Waals surface area (Å²) in [4.78, 5) is 13.3. The van der Waals surface area contributed by atoms with E-state index in [0.717, 1.165) is 37.9 Å². The largest absolute Gasteiger partial charge is 0.392 e. The lowest BCUT2D eigenvalue weighted by atomic mass is 9.89. The van der Waals surface area contributed by atoms with Crippen LogP contribution < -0.4 is 5.32 Å². The van der Waals surface area contributed by atoms with Gasteiger partial charge in [0.15, 0.2) is 0 Å². The van der Waals surface area contributed by atoms with Crippen LogP contribution in [0.15, 0.2) is 48.1 Å². The molecule has 1 aromatic carbocycles. The summed E-state index contributed by atoms with van der Waals surface area (Å²) in [5.41, 5.74) is 3.73. The van der Waals surface area contributed by atoms with E-state index in [1.807, 2.05) is 24.3 Å². The van der Waals surface area contributed by atoms with Gasteiger partial charge in [0.25, 0.3) is 0 Å². The van der Waals surface area contributed by atoms with Gasteiger partial charge >= 0.3 is 0 Å². The number of hydrogen-bond acceptors (Lipinski definition) is 4. The average molecular weight is 427 g/mol. The Labute approximate surface area is 186 Å². The number of amides is 1. The summed E-state index contributed by atoms with van der Waals surface area (Å²) in [7, 11) is 3.58. The van der Waals surface area contributed by atoms with E-state index in [-0.39, 0.29) is 17.9 Å². The van der Waals surface area contributed by atoms with Crippen molar-refractivity contribution in [2.75, 3.05) is 27.2 Å². The molecular weight excluding hydrogens is 388 g/mol. The highest BCUT2D eigenvalue weighted by Gasteiger charge is 2.43. The van der Waals surface area contributed by atoms with Gasteiger partial charge < -0.3 is 20.4 Å². The smallest absolute Gasteiger partial charge is 0.222 e. The van der Waals surface area contributed by atoms with Crippen molar-refractivity contribution in [1.82, 2.24) is 10.2 Å². The van der Waals surface area contributed by atoms with Crippen LogP contribution in [0.3, 0.4) is 0 Å². The van der Waals surface area contributed by atoms with Gasteiger partial charge in [0.2, 0.25) is 5.91 Å². The molecule has 5 nitrogen and oxygen atoms in total. The third kappa shape index (κ3) is 6.76. The molecule has 1 saturated carbocycles. The van der Waals surface area contributed by atoms with E-state index in [2.05, 4.69) is 30.4 Å². The molecule has 1 amide bonds. The van der Waals surface area contributed by atoms with Crippen LogP contribution in [0.1, 0.15) is 36.8 Å². The van der Waals surface area contributed by atoms with Crippen LogP contribution in [0.4, 0.5) is 0 Å². The Morgan fingerprint density at radius 2 is 2.16 bits per heavy atom. The van der Waals surface area contributed by atoms with E-state index in [1.54, 1.807) is 19.0 Å². The summed E-state index contributed by atoms with van der Waals surface area (Å²) < 4.78 is 0. The van der Waals surface area contributed by atoms with Crippen molar-refractivity contribution in [3.8, 4) is 0 Å².